The van der Waals surface area contributed by atoms with Crippen molar-refractivity contribution in [1.82, 2.24) is 9.80 Å². The minimum absolute atomic E-state index is 0.174. The van der Waals surface area contributed by atoms with E-state index >= 15 is 0 Å². The van der Waals surface area contributed by atoms with Crippen LogP contribution >= 0.6 is 0 Å². The number of nitrogens with zero attached hydrogens (tertiary/aromatic N) is 2. The number of rotatable bonds is 47. The van der Waals surface area contributed by atoms with E-state index in [0.717, 1.165) is 45.4 Å². The van der Waals surface area contributed by atoms with E-state index in [1.165, 1.54) is 173 Å². The van der Waals surface area contributed by atoms with E-state index < -0.39 is 5.97 Å². The molecule has 1 N–H and O–H groups in total. The summed E-state index contributed by atoms with van der Waals surface area (Å²) in [6.45, 7) is 11.8. The molecule has 0 aromatic carbocycles. The average molecular weight is 777 g/mol. The number of carbonyl (C=O) groups excluding carboxylic acids is 1. The fraction of sp³-hybridized carbons (Fsp3) is 0.875. The molecule has 7 nitrogen and oxygen atoms in total. The van der Waals surface area contributed by atoms with Crippen molar-refractivity contribution in [1.29, 1.82) is 0 Å². The molecule has 324 valence electrons. The summed E-state index contributed by atoms with van der Waals surface area (Å²) < 4.78 is 11.7. The van der Waals surface area contributed by atoms with E-state index in [0.29, 0.717) is 39.4 Å². The first-order valence-corrected chi connectivity index (χ1v) is 23.7. The van der Waals surface area contributed by atoms with Gasteiger partial charge in [-0.15, -0.1) is 0 Å². The SMILES string of the molecule is CCCCCCCC/C=C\CCCCCCCCN(CCC=O)CCOCCOCCN(CCCCCCCC/C=C\CCCCCCCC)CCC(=O)O. The van der Waals surface area contributed by atoms with Crippen LogP contribution in [-0.2, 0) is 19.1 Å². The molecule has 0 spiro atoms. The topological polar surface area (TPSA) is 79.3 Å². The Balaban J connectivity index is 3.86. The van der Waals surface area contributed by atoms with Gasteiger partial charge in [0.25, 0.3) is 0 Å². The van der Waals surface area contributed by atoms with Gasteiger partial charge in [-0.3, -0.25) is 4.79 Å². The van der Waals surface area contributed by atoms with Crippen LogP contribution < -0.4 is 0 Å². The van der Waals surface area contributed by atoms with Crippen LogP contribution in [0.1, 0.15) is 206 Å². The molecule has 0 aromatic heterocycles. The summed E-state index contributed by atoms with van der Waals surface area (Å²) in [7, 11) is 0. The van der Waals surface area contributed by atoms with Gasteiger partial charge in [0, 0.05) is 32.6 Å². The van der Waals surface area contributed by atoms with Gasteiger partial charge in [0.2, 0.25) is 0 Å². The van der Waals surface area contributed by atoms with Crippen LogP contribution in [0, 0.1) is 0 Å². The predicted octanol–water partition coefficient (Wildman–Crippen LogP) is 12.8. The molecule has 7 heteroatoms. The van der Waals surface area contributed by atoms with Crippen molar-refractivity contribution >= 4 is 12.3 Å². The van der Waals surface area contributed by atoms with Gasteiger partial charge in [0.05, 0.1) is 32.8 Å². The Morgan fingerprint density at radius 2 is 0.764 bits per heavy atom. The average Bonchev–Trinajstić information content (AvgIpc) is 3.18. The molecule has 0 radical (unpaired) electrons. The van der Waals surface area contributed by atoms with Crippen LogP contribution in [0.25, 0.3) is 0 Å². The van der Waals surface area contributed by atoms with E-state index in [1.807, 2.05) is 0 Å². The number of carboxylic acid groups (broad SMARTS) is 1. The number of hydrogen-bond acceptors (Lipinski definition) is 6. The third-order valence-corrected chi connectivity index (χ3v) is 10.7. The molecule has 0 saturated heterocycles. The smallest absolute Gasteiger partial charge is 0.304 e. The second-order valence-corrected chi connectivity index (χ2v) is 15.9. The molecular formula is C48H92N2O5. The maximum absolute atomic E-state index is 11.2. The Hall–Kier alpha value is -1.54. The van der Waals surface area contributed by atoms with Gasteiger partial charge < -0.3 is 29.2 Å². The normalized spacial score (nSPS) is 12.0. The van der Waals surface area contributed by atoms with Crippen molar-refractivity contribution in [3.05, 3.63) is 24.3 Å². The van der Waals surface area contributed by atoms with Gasteiger partial charge in [-0.1, -0.05) is 154 Å². The summed E-state index contributed by atoms with van der Waals surface area (Å²) >= 11 is 0. The minimum Gasteiger partial charge on any atom is -0.481 e. The van der Waals surface area contributed by atoms with Gasteiger partial charge >= 0.3 is 5.97 Å². The molecule has 55 heavy (non-hydrogen) atoms. The lowest BCUT2D eigenvalue weighted by Gasteiger charge is -2.22. The number of carbonyl (C=O) groups is 2. The molecule has 0 saturated carbocycles. The zero-order valence-electron chi connectivity index (χ0n) is 36.6. The van der Waals surface area contributed by atoms with Crippen molar-refractivity contribution in [3.8, 4) is 0 Å². The lowest BCUT2D eigenvalue weighted by atomic mass is 10.1. The van der Waals surface area contributed by atoms with Crippen LogP contribution in [0.4, 0.5) is 0 Å². The summed E-state index contributed by atoms with van der Waals surface area (Å²) in [4.78, 5) is 26.8. The summed E-state index contributed by atoms with van der Waals surface area (Å²) in [5.41, 5.74) is 0. The van der Waals surface area contributed by atoms with Crippen molar-refractivity contribution in [3.63, 3.8) is 0 Å². The van der Waals surface area contributed by atoms with Crippen molar-refractivity contribution in [2.75, 3.05) is 65.7 Å². The zero-order valence-corrected chi connectivity index (χ0v) is 36.6. The largest absolute Gasteiger partial charge is 0.481 e. The van der Waals surface area contributed by atoms with Crippen molar-refractivity contribution in [2.45, 2.75) is 206 Å². The highest BCUT2D eigenvalue weighted by Crippen LogP contribution is 2.12. The first-order valence-electron chi connectivity index (χ1n) is 23.7. The van der Waals surface area contributed by atoms with Crippen LogP contribution in [0.15, 0.2) is 24.3 Å². The molecule has 0 atom stereocenters. The number of carboxylic acids is 1. The Morgan fingerprint density at radius 3 is 1.13 bits per heavy atom. The standard InChI is InChI=1S/C48H92N2O5/c1-3-5-7-9-11-13-15-17-19-21-23-25-27-29-31-33-37-49(39-35-43-51)41-44-54-46-47-55-45-42-50(40-36-48(52)53)38-34-32-30-28-26-24-22-20-18-16-14-12-10-8-6-4-2/h17-20,43H,3-16,21-42,44-47H2,1-2H3,(H,52,53)/b19-17-,20-18-. The number of aliphatic carboxylic acids is 1. The number of hydrogen-bond donors (Lipinski definition) is 1. The molecule has 0 aromatic rings. The molecule has 0 aliphatic rings. The first kappa shape index (κ1) is 53.5. The van der Waals surface area contributed by atoms with Crippen LogP contribution in [-0.4, -0.2) is 92.9 Å². The summed E-state index contributed by atoms with van der Waals surface area (Å²) in [6.07, 6.45) is 47.8. The number of unbranched alkanes of at least 4 members (excludes halogenated alkanes) is 24. The highest BCUT2D eigenvalue weighted by atomic mass is 16.5. The van der Waals surface area contributed by atoms with Gasteiger partial charge in [-0.2, -0.15) is 0 Å². The Morgan fingerprint density at radius 1 is 0.418 bits per heavy atom. The molecule has 0 unspecified atom stereocenters. The molecule has 0 aliphatic carbocycles. The first-order chi connectivity index (χ1) is 27.1. The fourth-order valence-corrected chi connectivity index (χ4v) is 7.03. The maximum Gasteiger partial charge on any atom is 0.304 e. The third-order valence-electron chi connectivity index (χ3n) is 10.7. The lowest BCUT2D eigenvalue weighted by Crippen LogP contribution is -2.31. The van der Waals surface area contributed by atoms with Crippen LogP contribution in [0.5, 0.6) is 0 Å². The van der Waals surface area contributed by atoms with Gasteiger partial charge in [-0.25, -0.2) is 0 Å². The van der Waals surface area contributed by atoms with E-state index in [2.05, 4.69) is 48.0 Å². The molecular weight excluding hydrogens is 685 g/mol. The summed E-state index contributed by atoms with van der Waals surface area (Å²) in [6, 6.07) is 0. The minimum atomic E-state index is -0.741. The molecule has 0 rings (SSSR count). The molecule has 0 heterocycles. The van der Waals surface area contributed by atoms with Crippen molar-refractivity contribution in [2.24, 2.45) is 0 Å². The number of aldehydes is 1. The van der Waals surface area contributed by atoms with E-state index in [4.69, 9.17) is 9.47 Å². The second-order valence-electron chi connectivity index (χ2n) is 15.9. The van der Waals surface area contributed by atoms with Gasteiger partial charge in [0.1, 0.15) is 6.29 Å². The van der Waals surface area contributed by atoms with E-state index in [9.17, 15) is 14.7 Å². The molecule has 0 amide bonds. The van der Waals surface area contributed by atoms with Gasteiger partial charge in [-0.05, 0) is 77.3 Å². The quantitative estimate of drug-likeness (QED) is 0.0374. The monoisotopic (exact) mass is 777 g/mol. The third kappa shape index (κ3) is 45.0. The molecule has 0 bridgehead atoms. The van der Waals surface area contributed by atoms with E-state index in [-0.39, 0.29) is 6.42 Å². The summed E-state index contributed by atoms with van der Waals surface area (Å²) in [5.74, 6) is -0.741. The van der Waals surface area contributed by atoms with E-state index in [1.54, 1.807) is 0 Å². The number of allylic oxidation sites excluding steroid dienone is 4. The van der Waals surface area contributed by atoms with Gasteiger partial charge in [0.15, 0.2) is 0 Å². The Labute approximate surface area is 341 Å². The maximum atomic E-state index is 11.2. The summed E-state index contributed by atoms with van der Waals surface area (Å²) in [5, 5.41) is 9.21. The molecule has 0 fully saturated rings. The highest BCUT2D eigenvalue weighted by Gasteiger charge is 2.08. The highest BCUT2D eigenvalue weighted by molar-refractivity contribution is 5.66. The van der Waals surface area contributed by atoms with Crippen LogP contribution in [0.2, 0.25) is 0 Å². The Kier molecular flexibility index (Phi) is 45.5. The fourth-order valence-electron chi connectivity index (χ4n) is 7.03. The number of ether oxygens (including phenoxy) is 2. The van der Waals surface area contributed by atoms with Crippen LogP contribution in [0.3, 0.4) is 0 Å². The zero-order chi connectivity index (χ0) is 40.0. The second kappa shape index (κ2) is 46.8. The van der Waals surface area contributed by atoms with Crippen molar-refractivity contribution < 1.29 is 24.2 Å². The Bertz CT molecular complexity index is 835. The molecule has 0 aliphatic heterocycles. The lowest BCUT2D eigenvalue weighted by molar-refractivity contribution is -0.137. The predicted molar refractivity (Wildman–Crippen MR) is 236 cm³/mol.